The zero-order valence-corrected chi connectivity index (χ0v) is 16.5. The number of hydrogen-bond donors (Lipinski definition) is 0. The molecule has 6 nitrogen and oxygen atoms in total. The molecule has 3 heterocycles. The second-order valence-electron chi connectivity index (χ2n) is 5.67. The highest BCUT2D eigenvalue weighted by atomic mass is 127. The van der Waals surface area contributed by atoms with E-state index < -0.39 is 16.6 Å². The normalized spacial score (nSPS) is 12.1. The van der Waals surface area contributed by atoms with Crippen LogP contribution in [0.5, 0.6) is 0 Å². The highest BCUT2D eigenvalue weighted by Gasteiger charge is 2.22. The first-order valence-electron chi connectivity index (χ1n) is 7.68. The van der Waals surface area contributed by atoms with Gasteiger partial charge in [0.25, 0.3) is 10.0 Å². The first-order chi connectivity index (χ1) is 12.9. The second kappa shape index (κ2) is 6.68. The van der Waals surface area contributed by atoms with Crippen LogP contribution in [0.3, 0.4) is 0 Å². The molecule has 0 N–H and O–H groups in total. The summed E-state index contributed by atoms with van der Waals surface area (Å²) in [7, 11) is -3.80. The minimum absolute atomic E-state index is 0.155. The van der Waals surface area contributed by atoms with Crippen LogP contribution < -0.4 is 0 Å². The van der Waals surface area contributed by atoms with Crippen molar-refractivity contribution in [3.05, 3.63) is 64.8 Å². The quantitative estimate of drug-likeness (QED) is 0.395. The van der Waals surface area contributed by atoms with E-state index in [0.717, 1.165) is 3.97 Å². The number of nitrogens with zero attached hydrogens (tertiary/aromatic N) is 4. The Kier molecular flexibility index (Phi) is 4.46. The van der Waals surface area contributed by atoms with Crippen molar-refractivity contribution in [3.8, 4) is 11.1 Å². The van der Waals surface area contributed by atoms with E-state index in [1.807, 2.05) is 22.6 Å². The molecule has 4 rings (SSSR count). The van der Waals surface area contributed by atoms with Crippen molar-refractivity contribution >= 4 is 43.6 Å². The molecule has 0 amide bonds. The number of fused-ring (bicyclic) bond motifs is 1. The van der Waals surface area contributed by atoms with Crippen LogP contribution in [0.4, 0.5) is 8.78 Å². The Hall–Kier alpha value is -2.34. The molecule has 4 aromatic rings. The predicted molar refractivity (Wildman–Crippen MR) is 104 cm³/mol. The molecule has 3 aromatic heterocycles. The molecular weight excluding hydrogens is 489 g/mol. The highest BCUT2D eigenvalue weighted by Crippen LogP contribution is 2.29. The van der Waals surface area contributed by atoms with E-state index in [1.54, 1.807) is 24.3 Å². The van der Waals surface area contributed by atoms with E-state index in [-0.39, 0.29) is 10.5 Å². The van der Waals surface area contributed by atoms with Gasteiger partial charge in [-0.15, -0.1) is 0 Å². The summed E-state index contributed by atoms with van der Waals surface area (Å²) >= 11 is 2.02. The van der Waals surface area contributed by atoms with Gasteiger partial charge in [-0.05, 0) is 40.8 Å². The van der Waals surface area contributed by atoms with Gasteiger partial charge in [0.15, 0.2) is 5.65 Å². The summed E-state index contributed by atoms with van der Waals surface area (Å²) in [5, 5.41) is 4.22. The average Bonchev–Trinajstić information content (AvgIpc) is 3.28. The lowest BCUT2D eigenvalue weighted by Crippen LogP contribution is -2.12. The van der Waals surface area contributed by atoms with Gasteiger partial charge in [0, 0.05) is 38.7 Å². The first-order valence-corrected chi connectivity index (χ1v) is 10.2. The number of rotatable bonds is 4. The summed E-state index contributed by atoms with van der Waals surface area (Å²) in [6.07, 6.45) is 5.48. The van der Waals surface area contributed by atoms with Crippen LogP contribution in [0, 0.1) is 3.57 Å². The molecule has 0 unspecified atom stereocenters. The predicted octanol–water partition coefficient (Wildman–Crippen LogP) is 4.14. The Balaban J connectivity index is 1.84. The summed E-state index contributed by atoms with van der Waals surface area (Å²) in [4.78, 5) is 4.43. The van der Waals surface area contributed by atoms with Gasteiger partial charge in [0.1, 0.15) is 0 Å². The van der Waals surface area contributed by atoms with Gasteiger partial charge in [-0.2, -0.15) is 13.9 Å². The summed E-state index contributed by atoms with van der Waals surface area (Å²) in [6.45, 7) is -2.73. The van der Waals surface area contributed by atoms with Crippen LogP contribution in [-0.2, 0) is 10.0 Å². The number of alkyl halides is 2. The average molecular weight is 500 g/mol. The fourth-order valence-electron chi connectivity index (χ4n) is 2.68. The molecular formula is C17H11F2IN4O2S. The van der Waals surface area contributed by atoms with E-state index in [4.69, 9.17) is 0 Å². The van der Waals surface area contributed by atoms with E-state index in [1.165, 1.54) is 36.9 Å². The van der Waals surface area contributed by atoms with Gasteiger partial charge >= 0.3 is 6.55 Å². The van der Waals surface area contributed by atoms with Gasteiger partial charge in [-0.25, -0.2) is 22.1 Å². The lowest BCUT2D eigenvalue weighted by Gasteiger charge is -2.07. The summed E-state index contributed by atoms with van der Waals surface area (Å²) < 4.78 is 53.6. The summed E-state index contributed by atoms with van der Waals surface area (Å²) in [5.74, 6) is 0. The molecule has 0 fully saturated rings. The van der Waals surface area contributed by atoms with Crippen molar-refractivity contribution in [3.63, 3.8) is 0 Å². The van der Waals surface area contributed by atoms with Crippen molar-refractivity contribution in [2.24, 2.45) is 0 Å². The summed E-state index contributed by atoms with van der Waals surface area (Å²) in [5.41, 5.74) is 1.31. The second-order valence-corrected chi connectivity index (χ2v) is 8.65. The SMILES string of the molecule is O=S(=O)(c1ccccc1)n1cc(I)c2cc(-c3cnn(C(F)F)c3)cnc21. The van der Waals surface area contributed by atoms with Crippen LogP contribution >= 0.6 is 22.6 Å². The Morgan fingerprint density at radius 2 is 1.78 bits per heavy atom. The smallest absolute Gasteiger partial charge is 0.237 e. The van der Waals surface area contributed by atoms with E-state index in [2.05, 4.69) is 10.1 Å². The van der Waals surface area contributed by atoms with Crippen LogP contribution in [-0.4, -0.2) is 27.2 Å². The highest BCUT2D eigenvalue weighted by molar-refractivity contribution is 14.1. The third-order valence-electron chi connectivity index (χ3n) is 4.00. The van der Waals surface area contributed by atoms with Gasteiger partial charge < -0.3 is 0 Å². The summed E-state index contributed by atoms with van der Waals surface area (Å²) in [6, 6.07) is 9.78. The number of aromatic nitrogens is 4. The Bertz CT molecular complexity index is 1240. The molecule has 0 aliphatic heterocycles. The molecule has 0 aliphatic rings. The van der Waals surface area contributed by atoms with Crippen LogP contribution in [0.1, 0.15) is 6.55 Å². The molecule has 0 bridgehead atoms. The van der Waals surface area contributed by atoms with Crippen molar-refractivity contribution in [2.45, 2.75) is 11.4 Å². The van der Waals surface area contributed by atoms with Crippen molar-refractivity contribution in [1.82, 2.24) is 18.7 Å². The van der Waals surface area contributed by atoms with Gasteiger partial charge in [0.05, 0.1) is 11.1 Å². The van der Waals surface area contributed by atoms with Gasteiger partial charge in [-0.1, -0.05) is 18.2 Å². The third-order valence-corrected chi connectivity index (χ3v) is 6.52. The van der Waals surface area contributed by atoms with Crippen LogP contribution in [0.25, 0.3) is 22.2 Å². The Morgan fingerprint density at radius 3 is 2.44 bits per heavy atom. The van der Waals surface area contributed by atoms with Gasteiger partial charge in [-0.3, -0.25) is 0 Å². The molecule has 10 heteroatoms. The fourth-order valence-corrected chi connectivity index (χ4v) is 4.89. The first kappa shape index (κ1) is 18.0. The topological polar surface area (TPSA) is 69.8 Å². The number of pyridine rings is 1. The molecule has 0 saturated carbocycles. The third kappa shape index (κ3) is 3.12. The van der Waals surface area contributed by atoms with E-state index >= 15 is 0 Å². The number of hydrogen-bond acceptors (Lipinski definition) is 4. The van der Waals surface area contributed by atoms with Crippen molar-refractivity contribution < 1.29 is 17.2 Å². The van der Waals surface area contributed by atoms with Crippen LogP contribution in [0.15, 0.2) is 66.1 Å². The largest absolute Gasteiger partial charge is 0.333 e. The Labute approximate surface area is 166 Å². The van der Waals surface area contributed by atoms with E-state index in [0.29, 0.717) is 24.8 Å². The van der Waals surface area contributed by atoms with Crippen LogP contribution in [0.2, 0.25) is 0 Å². The number of benzene rings is 1. The van der Waals surface area contributed by atoms with Crippen molar-refractivity contribution in [2.75, 3.05) is 0 Å². The standard InChI is InChI=1S/C17H11F2IN4O2S/c18-17(19)23-9-12(8-22-23)11-6-14-15(20)10-24(16(14)21-7-11)27(25,26)13-4-2-1-3-5-13/h1-10,17H. The monoisotopic (exact) mass is 500 g/mol. The molecule has 0 spiro atoms. The lowest BCUT2D eigenvalue weighted by atomic mass is 10.1. The lowest BCUT2D eigenvalue weighted by molar-refractivity contribution is 0.0566. The zero-order chi connectivity index (χ0) is 19.2. The molecule has 0 saturated heterocycles. The van der Waals surface area contributed by atoms with Crippen molar-refractivity contribution in [1.29, 1.82) is 0 Å². The minimum atomic E-state index is -3.80. The maximum absolute atomic E-state index is 12.9. The molecule has 0 atom stereocenters. The molecule has 138 valence electrons. The fraction of sp³-hybridized carbons (Fsp3) is 0.0588. The molecule has 1 aromatic carbocycles. The maximum atomic E-state index is 12.9. The molecule has 0 radical (unpaired) electrons. The Morgan fingerprint density at radius 1 is 1.04 bits per heavy atom. The maximum Gasteiger partial charge on any atom is 0.333 e. The minimum Gasteiger partial charge on any atom is -0.237 e. The van der Waals surface area contributed by atoms with Gasteiger partial charge in [0.2, 0.25) is 0 Å². The number of halogens is 3. The molecule has 27 heavy (non-hydrogen) atoms. The van der Waals surface area contributed by atoms with E-state index in [9.17, 15) is 17.2 Å². The molecule has 0 aliphatic carbocycles. The zero-order valence-electron chi connectivity index (χ0n) is 13.5.